The maximum atomic E-state index is 13.9. The number of imide groups is 1. The Morgan fingerprint density at radius 1 is 1.00 bits per heavy atom. The van der Waals surface area contributed by atoms with Gasteiger partial charge in [0, 0.05) is 0 Å². The normalized spacial score (nSPS) is 24.1. The molecule has 4 atom stereocenters. The number of hydrogen-bond acceptors (Lipinski definition) is 5. The van der Waals surface area contributed by atoms with Crippen molar-refractivity contribution in [1.29, 1.82) is 0 Å². The van der Waals surface area contributed by atoms with Crippen LogP contribution in [0.2, 0.25) is 6.32 Å². The van der Waals surface area contributed by atoms with Gasteiger partial charge in [-0.1, -0.05) is 36.6 Å². The van der Waals surface area contributed by atoms with Crippen LogP contribution in [-0.2, 0) is 26.6 Å². The van der Waals surface area contributed by atoms with Gasteiger partial charge in [-0.25, -0.2) is 9.29 Å². The van der Waals surface area contributed by atoms with Crippen molar-refractivity contribution >= 4 is 30.7 Å². The van der Waals surface area contributed by atoms with Gasteiger partial charge in [0.2, 0.25) is 11.8 Å². The molecule has 14 heteroatoms. The van der Waals surface area contributed by atoms with Crippen LogP contribution in [0, 0.1) is 23.6 Å². The SMILES string of the molecule is CCC/C(=C\c1ccc(O)c(F)c1)CC[C@H]1OB(O)C[C@H]2C1=C(C)C[C@H]1C(=O)N(c3cc(C(F)(F)F)cc(C(F)(F)F)c3)C(=O)[C@H]12. The molecule has 0 saturated carbocycles. The largest absolute Gasteiger partial charge is 0.505 e. The van der Waals surface area contributed by atoms with Crippen LogP contribution in [0.3, 0.4) is 0 Å². The van der Waals surface area contributed by atoms with E-state index in [9.17, 15) is 50.5 Å². The number of carbonyl (C=O) groups is 2. The summed E-state index contributed by atoms with van der Waals surface area (Å²) < 4.78 is 101. The summed E-state index contributed by atoms with van der Waals surface area (Å²) in [4.78, 5) is 27.8. The molecule has 1 aliphatic carbocycles. The number of halogens is 7. The van der Waals surface area contributed by atoms with Gasteiger partial charge in [-0.2, -0.15) is 26.3 Å². The Bertz CT molecular complexity index is 1570. The molecule has 2 N–H and O–H groups in total. The molecule has 46 heavy (non-hydrogen) atoms. The fourth-order valence-corrected chi connectivity index (χ4v) is 7.00. The summed E-state index contributed by atoms with van der Waals surface area (Å²) in [7, 11) is -1.34. The molecule has 0 spiro atoms. The first-order valence-corrected chi connectivity index (χ1v) is 14.9. The number of fused-ring (bicyclic) bond motifs is 3. The summed E-state index contributed by atoms with van der Waals surface area (Å²) in [6.07, 6.45) is -7.04. The zero-order valence-electron chi connectivity index (χ0n) is 24.9. The van der Waals surface area contributed by atoms with E-state index < -0.39 is 83.5 Å². The molecule has 2 amide bonds. The average Bonchev–Trinajstić information content (AvgIpc) is 3.21. The molecule has 2 aromatic carbocycles. The highest BCUT2D eigenvalue weighted by Gasteiger charge is 2.57. The third kappa shape index (κ3) is 6.59. The predicted octanol–water partition coefficient (Wildman–Crippen LogP) is 7.55. The summed E-state index contributed by atoms with van der Waals surface area (Å²) in [6.45, 7) is 3.70. The first kappa shape index (κ1) is 33.7. The van der Waals surface area contributed by atoms with Crippen LogP contribution in [0.4, 0.5) is 36.4 Å². The highest BCUT2D eigenvalue weighted by molar-refractivity contribution is 6.43. The third-order valence-electron chi connectivity index (χ3n) is 8.92. The lowest BCUT2D eigenvalue weighted by Gasteiger charge is -2.42. The molecule has 2 saturated heterocycles. The number of phenolic OH excluding ortho intramolecular Hbond substituents is 1. The van der Waals surface area contributed by atoms with Crippen LogP contribution < -0.4 is 4.90 Å². The maximum Gasteiger partial charge on any atom is 0.455 e. The lowest BCUT2D eigenvalue weighted by atomic mass is 9.58. The van der Waals surface area contributed by atoms with Crippen molar-refractivity contribution in [2.24, 2.45) is 17.8 Å². The van der Waals surface area contributed by atoms with Gasteiger partial charge >= 0.3 is 19.5 Å². The van der Waals surface area contributed by atoms with Crippen LogP contribution in [0.1, 0.15) is 62.6 Å². The predicted molar refractivity (Wildman–Crippen MR) is 155 cm³/mol. The molecule has 0 unspecified atom stereocenters. The Morgan fingerprint density at radius 2 is 1.65 bits per heavy atom. The maximum absolute atomic E-state index is 13.9. The number of aromatic hydroxyl groups is 1. The zero-order chi connectivity index (χ0) is 33.7. The van der Waals surface area contributed by atoms with Gasteiger partial charge in [0.25, 0.3) is 0 Å². The molecule has 2 fully saturated rings. The number of rotatable bonds is 7. The van der Waals surface area contributed by atoms with Crippen molar-refractivity contribution in [1.82, 2.24) is 0 Å². The molecule has 3 aliphatic rings. The second-order valence-electron chi connectivity index (χ2n) is 12.1. The topological polar surface area (TPSA) is 87.1 Å². The minimum atomic E-state index is -5.17. The van der Waals surface area contributed by atoms with E-state index in [-0.39, 0.29) is 18.8 Å². The summed E-state index contributed by atoms with van der Waals surface area (Å²) in [5, 5.41) is 20.2. The zero-order valence-corrected chi connectivity index (χ0v) is 24.9. The van der Waals surface area contributed by atoms with E-state index >= 15 is 0 Å². The van der Waals surface area contributed by atoms with Gasteiger partial charge in [-0.15, -0.1) is 0 Å². The minimum absolute atomic E-state index is 0.0447. The van der Waals surface area contributed by atoms with E-state index in [1.54, 1.807) is 19.1 Å². The van der Waals surface area contributed by atoms with Crippen molar-refractivity contribution in [2.75, 3.05) is 4.90 Å². The van der Waals surface area contributed by atoms with Crippen molar-refractivity contribution in [2.45, 2.75) is 70.7 Å². The number of anilines is 1. The van der Waals surface area contributed by atoms with Crippen molar-refractivity contribution in [3.63, 3.8) is 0 Å². The fraction of sp³-hybridized carbons (Fsp3) is 0.438. The number of nitrogens with zero attached hydrogens (tertiary/aromatic N) is 1. The molecule has 5 rings (SSSR count). The van der Waals surface area contributed by atoms with Crippen molar-refractivity contribution < 1.29 is 55.1 Å². The van der Waals surface area contributed by atoms with Crippen LogP contribution in [0.5, 0.6) is 5.75 Å². The summed E-state index contributed by atoms with van der Waals surface area (Å²) in [5.74, 6) is -5.94. The Morgan fingerprint density at radius 3 is 2.24 bits per heavy atom. The van der Waals surface area contributed by atoms with E-state index in [0.29, 0.717) is 53.0 Å². The Balaban J connectivity index is 1.44. The summed E-state index contributed by atoms with van der Waals surface area (Å²) >= 11 is 0. The monoisotopic (exact) mass is 653 g/mol. The van der Waals surface area contributed by atoms with Crippen molar-refractivity contribution in [3.8, 4) is 5.75 Å². The van der Waals surface area contributed by atoms with Crippen LogP contribution in [-0.4, -0.2) is 35.2 Å². The molecule has 0 bridgehead atoms. The molecule has 246 valence electrons. The van der Waals surface area contributed by atoms with Gasteiger partial charge in [-0.05, 0) is 86.3 Å². The Kier molecular flexibility index (Phi) is 9.17. The van der Waals surface area contributed by atoms with E-state index in [4.69, 9.17) is 4.65 Å². The van der Waals surface area contributed by atoms with Gasteiger partial charge in [-0.3, -0.25) is 9.59 Å². The molecular weight excluding hydrogens is 622 g/mol. The Hall–Kier alpha value is -3.65. The number of alkyl halides is 6. The quantitative estimate of drug-likeness (QED) is 0.140. The number of carbonyl (C=O) groups excluding carboxylic acids is 2. The Labute approximate surface area is 260 Å². The van der Waals surface area contributed by atoms with Gasteiger partial charge in [0.05, 0.1) is 34.8 Å². The standard InChI is InChI=1S/C32H31BF7NO5/c1-3-4-17(10-18-5-7-25(42)24(34)11-18)6-8-26-27-16(2)9-22-28(23(27)15-33(45)46-26)30(44)41(29(22)43)21-13-19(31(35,36)37)12-20(14-21)32(38,39)40/h5,7,10-14,22-23,26,28,42,45H,3-4,6,8-9,15H2,1-2H3/b17-10+/t22-,23+,26-,28-/m1/s1. The van der Waals surface area contributed by atoms with E-state index in [0.717, 1.165) is 12.0 Å². The number of hydrogen-bond donors (Lipinski definition) is 2. The van der Waals surface area contributed by atoms with E-state index in [2.05, 4.69) is 0 Å². The fourth-order valence-electron chi connectivity index (χ4n) is 7.00. The smallest absolute Gasteiger partial charge is 0.455 e. The molecular formula is C32H31BF7NO5. The average molecular weight is 653 g/mol. The third-order valence-corrected chi connectivity index (χ3v) is 8.92. The van der Waals surface area contributed by atoms with Crippen LogP contribution in [0.15, 0.2) is 53.1 Å². The molecule has 6 nitrogen and oxygen atoms in total. The first-order valence-electron chi connectivity index (χ1n) is 14.9. The van der Waals surface area contributed by atoms with Crippen molar-refractivity contribution in [3.05, 3.63) is 75.6 Å². The molecule has 2 aromatic rings. The highest BCUT2D eigenvalue weighted by atomic mass is 19.4. The lowest BCUT2D eigenvalue weighted by Crippen LogP contribution is -2.46. The number of allylic oxidation sites excluding steroid dienone is 2. The van der Waals surface area contributed by atoms with Gasteiger partial charge < -0.3 is 14.8 Å². The second kappa shape index (κ2) is 12.5. The molecule has 2 aliphatic heterocycles. The number of benzene rings is 2. The van der Waals surface area contributed by atoms with E-state index in [1.807, 2.05) is 6.92 Å². The highest BCUT2D eigenvalue weighted by Crippen LogP contribution is 2.52. The molecule has 2 heterocycles. The number of amides is 2. The molecule has 0 aromatic heterocycles. The summed E-state index contributed by atoms with van der Waals surface area (Å²) in [6, 6.07) is 4.68. The van der Waals surface area contributed by atoms with Crippen LogP contribution in [0.25, 0.3) is 6.08 Å². The van der Waals surface area contributed by atoms with E-state index in [1.165, 1.54) is 12.1 Å². The minimum Gasteiger partial charge on any atom is -0.505 e. The second-order valence-corrected chi connectivity index (χ2v) is 12.1. The summed E-state index contributed by atoms with van der Waals surface area (Å²) in [5.41, 5.74) is -1.24. The molecule has 0 radical (unpaired) electrons. The van der Waals surface area contributed by atoms with Gasteiger partial charge in [0.1, 0.15) is 0 Å². The lowest BCUT2D eigenvalue weighted by molar-refractivity contribution is -0.143. The first-order chi connectivity index (χ1) is 21.5. The van der Waals surface area contributed by atoms with Gasteiger partial charge in [0.15, 0.2) is 11.6 Å². The van der Waals surface area contributed by atoms with Crippen LogP contribution >= 0.6 is 0 Å². The number of phenols is 1.